The number of carbonyl (C=O) groups is 2. The maximum absolute atomic E-state index is 12.5. The summed E-state index contributed by atoms with van der Waals surface area (Å²) < 4.78 is 5.12. The molecule has 4 aliphatic carbocycles. The molecule has 8 atom stereocenters. The zero-order valence-corrected chi connectivity index (χ0v) is 17.5. The molecule has 4 N–H and O–H groups in total. The van der Waals surface area contributed by atoms with Gasteiger partial charge in [-0.15, -0.1) is 0 Å². The van der Waals surface area contributed by atoms with Crippen LogP contribution in [0.25, 0.3) is 0 Å². The third-order valence-electron chi connectivity index (χ3n) is 9.97. The lowest BCUT2D eigenvalue weighted by molar-refractivity contribution is -0.315. The van der Waals surface area contributed by atoms with Gasteiger partial charge in [-0.1, -0.05) is 6.92 Å². The second kappa shape index (κ2) is 6.15. The van der Waals surface area contributed by atoms with Gasteiger partial charge in [0, 0.05) is 23.8 Å². The van der Waals surface area contributed by atoms with Crippen molar-refractivity contribution < 1.29 is 34.8 Å². The molecule has 30 heavy (non-hydrogen) atoms. The lowest BCUT2D eigenvalue weighted by Crippen LogP contribution is -2.77. The molecule has 0 spiro atoms. The average molecular weight is 421 g/mol. The van der Waals surface area contributed by atoms with Gasteiger partial charge in [-0.2, -0.15) is 0 Å². The molecule has 1 aliphatic heterocycles. The topological polar surface area (TPSA) is 124 Å². The second-order valence-corrected chi connectivity index (χ2v) is 10.8. The highest BCUT2D eigenvalue weighted by Crippen LogP contribution is 2.71. The van der Waals surface area contributed by atoms with Gasteiger partial charge < -0.3 is 30.0 Å². The lowest BCUT2D eigenvalue weighted by atomic mass is 9.40. The first kappa shape index (κ1) is 20.6. The van der Waals surface area contributed by atoms with Crippen molar-refractivity contribution in [2.75, 3.05) is 6.61 Å². The number of ether oxygens (including phenoxy) is 1. The van der Waals surface area contributed by atoms with E-state index in [1.807, 2.05) is 6.92 Å². The van der Waals surface area contributed by atoms with E-state index in [1.54, 1.807) is 0 Å². The summed E-state index contributed by atoms with van der Waals surface area (Å²) in [4.78, 5) is 24.2. The maximum atomic E-state index is 12.5. The van der Waals surface area contributed by atoms with E-state index >= 15 is 0 Å². The first-order valence-electron chi connectivity index (χ1n) is 11.2. The van der Waals surface area contributed by atoms with Crippen molar-refractivity contribution in [1.29, 1.82) is 0 Å². The number of carbonyl (C=O) groups excluding carboxylic acids is 2. The van der Waals surface area contributed by atoms with Gasteiger partial charge in [0.2, 0.25) is 0 Å². The van der Waals surface area contributed by atoms with Crippen LogP contribution in [0, 0.1) is 22.7 Å². The highest BCUT2D eigenvalue weighted by atomic mass is 16.5. The molecule has 0 aromatic carbocycles. The molecule has 7 nitrogen and oxygen atoms in total. The summed E-state index contributed by atoms with van der Waals surface area (Å²) in [7, 11) is 0. The van der Waals surface area contributed by atoms with Crippen molar-refractivity contribution in [3.8, 4) is 0 Å². The van der Waals surface area contributed by atoms with E-state index in [1.165, 1.54) is 6.08 Å². The monoisotopic (exact) mass is 420 g/mol. The summed E-state index contributed by atoms with van der Waals surface area (Å²) in [5, 5.41) is 45.9. The Balaban J connectivity index is 1.57. The molecule has 4 saturated carbocycles. The van der Waals surface area contributed by atoms with Gasteiger partial charge in [-0.3, -0.25) is 0 Å². The molecule has 0 aromatic heterocycles. The third-order valence-corrected chi connectivity index (χ3v) is 9.97. The van der Waals surface area contributed by atoms with Crippen molar-refractivity contribution in [1.82, 2.24) is 0 Å². The smallest absolute Gasteiger partial charge is 0.331 e. The first-order valence-corrected chi connectivity index (χ1v) is 11.2. The number of aliphatic hydroxyl groups is 4. The number of fused-ring (bicyclic) bond motifs is 5. The number of hydrogen-bond donors (Lipinski definition) is 4. The largest absolute Gasteiger partial charge is 0.458 e. The van der Waals surface area contributed by atoms with Gasteiger partial charge in [0.1, 0.15) is 12.9 Å². The van der Waals surface area contributed by atoms with Crippen molar-refractivity contribution in [2.45, 2.75) is 87.6 Å². The Bertz CT molecular complexity index is 824. The minimum absolute atomic E-state index is 0.0694. The molecule has 1 heterocycles. The van der Waals surface area contributed by atoms with Gasteiger partial charge >= 0.3 is 5.97 Å². The third kappa shape index (κ3) is 2.20. The quantitative estimate of drug-likeness (QED) is 0.388. The Kier molecular flexibility index (Phi) is 4.23. The number of esters is 1. The van der Waals surface area contributed by atoms with Crippen molar-refractivity contribution >= 4 is 12.3 Å². The summed E-state index contributed by atoms with van der Waals surface area (Å²) in [6, 6.07) is 0. The van der Waals surface area contributed by atoms with E-state index in [0.29, 0.717) is 38.5 Å². The van der Waals surface area contributed by atoms with Crippen LogP contribution in [0.2, 0.25) is 0 Å². The molecule has 5 rings (SSSR count). The molecule has 166 valence electrons. The summed E-state index contributed by atoms with van der Waals surface area (Å²) in [6.07, 6.45) is 4.97. The Morgan fingerprint density at radius 3 is 2.50 bits per heavy atom. The van der Waals surface area contributed by atoms with E-state index in [9.17, 15) is 30.0 Å². The van der Waals surface area contributed by atoms with Crippen molar-refractivity contribution in [3.63, 3.8) is 0 Å². The highest BCUT2D eigenvalue weighted by Gasteiger charge is 2.77. The van der Waals surface area contributed by atoms with E-state index < -0.39 is 39.7 Å². The SMILES string of the molecule is CC12CCC3C(O)(CCC4(O)CC(O)CCC34C=O)C1(O)CCC2C1=CC(=O)OC1. The normalized spacial score (nSPS) is 55.2. The Labute approximate surface area is 176 Å². The van der Waals surface area contributed by atoms with E-state index in [-0.39, 0.29) is 37.8 Å². The average Bonchev–Trinajstić information content (AvgIpc) is 3.23. The fraction of sp³-hybridized carbons (Fsp3) is 0.826. The van der Waals surface area contributed by atoms with Crippen LogP contribution in [0.5, 0.6) is 0 Å². The van der Waals surface area contributed by atoms with Crippen LogP contribution in [0.3, 0.4) is 0 Å². The minimum atomic E-state index is -1.51. The predicted molar refractivity (Wildman–Crippen MR) is 105 cm³/mol. The molecule has 4 fully saturated rings. The fourth-order valence-electron chi connectivity index (χ4n) is 8.36. The molecule has 5 aliphatic rings. The van der Waals surface area contributed by atoms with Crippen LogP contribution in [-0.4, -0.2) is 62.2 Å². The maximum Gasteiger partial charge on any atom is 0.331 e. The number of rotatable bonds is 2. The number of cyclic esters (lactones) is 1. The molecule has 0 aromatic rings. The number of hydrogen-bond acceptors (Lipinski definition) is 7. The molecule has 0 amide bonds. The minimum Gasteiger partial charge on any atom is -0.458 e. The Morgan fingerprint density at radius 1 is 1.07 bits per heavy atom. The van der Waals surface area contributed by atoms with E-state index in [0.717, 1.165) is 11.9 Å². The second-order valence-electron chi connectivity index (χ2n) is 10.8. The zero-order valence-electron chi connectivity index (χ0n) is 17.5. The molecule has 0 bridgehead atoms. The van der Waals surface area contributed by atoms with Crippen LogP contribution < -0.4 is 0 Å². The van der Waals surface area contributed by atoms with Crippen LogP contribution in [-0.2, 0) is 14.3 Å². The Morgan fingerprint density at radius 2 is 1.83 bits per heavy atom. The van der Waals surface area contributed by atoms with Crippen molar-refractivity contribution in [2.24, 2.45) is 22.7 Å². The zero-order chi connectivity index (χ0) is 21.6. The van der Waals surface area contributed by atoms with Crippen molar-refractivity contribution in [3.05, 3.63) is 11.6 Å². The molecular formula is C23H32O7. The predicted octanol–water partition coefficient (Wildman–Crippen LogP) is 1.01. The summed E-state index contributed by atoms with van der Waals surface area (Å²) in [6.45, 7) is 2.22. The molecule has 0 radical (unpaired) electrons. The molecule has 0 saturated heterocycles. The van der Waals surface area contributed by atoms with Crippen LogP contribution in [0.4, 0.5) is 0 Å². The fourth-order valence-corrected chi connectivity index (χ4v) is 8.36. The number of aldehydes is 1. The highest BCUT2D eigenvalue weighted by molar-refractivity contribution is 5.85. The molecular weight excluding hydrogens is 388 g/mol. The van der Waals surface area contributed by atoms with Gasteiger partial charge in [-0.25, -0.2) is 4.79 Å². The molecule has 8 unspecified atom stereocenters. The van der Waals surface area contributed by atoms with Gasteiger partial charge in [0.25, 0.3) is 0 Å². The molecule has 7 heteroatoms. The van der Waals surface area contributed by atoms with Gasteiger partial charge in [-0.05, 0) is 62.9 Å². The standard InChI is InChI=1S/C23H32O7/c1-19-5-4-17-20(13-24)6-2-15(25)11-21(20,27)8-9-22(17,28)23(19,29)7-3-16(19)14-10-18(26)30-12-14/h10,13,15-17,25,27-29H,2-9,11-12H2,1H3. The Hall–Kier alpha value is -1.28. The van der Waals surface area contributed by atoms with Gasteiger partial charge in [0.15, 0.2) is 0 Å². The number of aliphatic hydroxyl groups excluding tert-OH is 1. The van der Waals surface area contributed by atoms with E-state index in [4.69, 9.17) is 4.74 Å². The van der Waals surface area contributed by atoms with Crippen LogP contribution in [0.1, 0.15) is 64.7 Å². The first-order chi connectivity index (χ1) is 14.1. The van der Waals surface area contributed by atoms with Crippen LogP contribution in [0.15, 0.2) is 11.6 Å². The van der Waals surface area contributed by atoms with Gasteiger partial charge in [0.05, 0.1) is 28.3 Å². The summed E-state index contributed by atoms with van der Waals surface area (Å²) >= 11 is 0. The lowest BCUT2D eigenvalue weighted by Gasteiger charge is -2.68. The van der Waals surface area contributed by atoms with E-state index in [2.05, 4.69) is 0 Å². The van der Waals surface area contributed by atoms with Crippen LogP contribution >= 0.6 is 0 Å². The summed E-state index contributed by atoms with van der Waals surface area (Å²) in [5.41, 5.74) is -5.23. The summed E-state index contributed by atoms with van der Waals surface area (Å²) in [5.74, 6) is -0.999.